The van der Waals surface area contributed by atoms with Gasteiger partial charge in [-0.1, -0.05) is 12.1 Å². The maximum absolute atomic E-state index is 12.9. The monoisotopic (exact) mass is 308 g/mol. The summed E-state index contributed by atoms with van der Waals surface area (Å²) in [5.41, 5.74) is 1.49. The molecule has 0 saturated carbocycles. The zero-order valence-corrected chi connectivity index (χ0v) is 12.2. The molecule has 2 heterocycles. The van der Waals surface area contributed by atoms with Crippen molar-refractivity contribution in [1.82, 2.24) is 14.8 Å². The molecule has 0 aliphatic heterocycles. The molecule has 0 fully saturated rings. The first-order valence-electron chi connectivity index (χ1n) is 7.04. The van der Waals surface area contributed by atoms with Crippen molar-refractivity contribution in [2.24, 2.45) is 0 Å². The molecule has 0 spiro atoms. The number of hydrogen-bond donors (Lipinski definition) is 0. The third-order valence-corrected chi connectivity index (χ3v) is 3.25. The van der Waals surface area contributed by atoms with Crippen LogP contribution in [-0.4, -0.2) is 21.4 Å². The van der Waals surface area contributed by atoms with E-state index in [9.17, 15) is 4.39 Å². The average Bonchev–Trinajstić information content (AvgIpc) is 3.05. The molecule has 2 aromatic heterocycles. The summed E-state index contributed by atoms with van der Waals surface area (Å²) in [5, 5.41) is 13.1. The van der Waals surface area contributed by atoms with Crippen LogP contribution in [0.25, 0.3) is 5.82 Å². The van der Waals surface area contributed by atoms with E-state index in [1.807, 2.05) is 0 Å². The molecule has 6 heteroatoms. The smallest absolute Gasteiger partial charge is 0.218 e. The minimum absolute atomic E-state index is 0.254. The number of hydrogen-bond acceptors (Lipinski definition) is 4. The van der Waals surface area contributed by atoms with Gasteiger partial charge in [0.1, 0.15) is 5.82 Å². The Hall–Kier alpha value is -3.20. The highest BCUT2D eigenvalue weighted by molar-refractivity contribution is 5.36. The van der Waals surface area contributed by atoms with E-state index in [1.54, 1.807) is 42.7 Å². The predicted octanol–water partition coefficient (Wildman–Crippen LogP) is 2.90. The van der Waals surface area contributed by atoms with Crippen molar-refractivity contribution in [1.29, 1.82) is 5.26 Å². The molecule has 114 valence electrons. The molecule has 0 saturated heterocycles. The average molecular weight is 308 g/mol. The molecule has 0 radical (unpaired) electrons. The SMILES string of the molecule is N#Cc1ccnc(-n2nccc2OCCc2ccc(F)cc2)c1. The molecule has 23 heavy (non-hydrogen) atoms. The second kappa shape index (κ2) is 6.71. The van der Waals surface area contributed by atoms with E-state index in [2.05, 4.69) is 16.2 Å². The summed E-state index contributed by atoms with van der Waals surface area (Å²) in [7, 11) is 0. The fourth-order valence-corrected chi connectivity index (χ4v) is 2.10. The molecule has 1 aromatic carbocycles. The molecule has 3 rings (SSSR count). The van der Waals surface area contributed by atoms with Crippen molar-refractivity contribution in [2.45, 2.75) is 6.42 Å². The first kappa shape index (κ1) is 14.7. The van der Waals surface area contributed by atoms with E-state index in [-0.39, 0.29) is 5.82 Å². The first-order chi connectivity index (χ1) is 11.3. The van der Waals surface area contributed by atoms with Crippen LogP contribution in [0.5, 0.6) is 5.88 Å². The molecule has 5 nitrogen and oxygen atoms in total. The lowest BCUT2D eigenvalue weighted by atomic mass is 10.2. The third-order valence-electron chi connectivity index (χ3n) is 3.25. The Kier molecular flexibility index (Phi) is 4.29. The Morgan fingerprint density at radius 1 is 1.13 bits per heavy atom. The minimum Gasteiger partial charge on any atom is -0.477 e. The Balaban J connectivity index is 1.69. The number of pyridine rings is 1. The zero-order chi connectivity index (χ0) is 16.1. The van der Waals surface area contributed by atoms with Crippen molar-refractivity contribution < 1.29 is 9.13 Å². The van der Waals surface area contributed by atoms with Crippen molar-refractivity contribution in [2.75, 3.05) is 6.61 Å². The summed E-state index contributed by atoms with van der Waals surface area (Å²) in [4.78, 5) is 4.19. The van der Waals surface area contributed by atoms with E-state index in [4.69, 9.17) is 10.00 Å². The van der Waals surface area contributed by atoms with Gasteiger partial charge < -0.3 is 4.74 Å². The van der Waals surface area contributed by atoms with Gasteiger partial charge in [-0.2, -0.15) is 15.0 Å². The van der Waals surface area contributed by atoms with Crippen LogP contribution in [-0.2, 0) is 6.42 Å². The maximum atomic E-state index is 12.9. The van der Waals surface area contributed by atoms with Crippen molar-refractivity contribution in [3.8, 4) is 17.8 Å². The van der Waals surface area contributed by atoms with Gasteiger partial charge in [-0.15, -0.1) is 0 Å². The summed E-state index contributed by atoms with van der Waals surface area (Å²) >= 11 is 0. The predicted molar refractivity (Wildman–Crippen MR) is 81.7 cm³/mol. The van der Waals surface area contributed by atoms with Gasteiger partial charge in [0.2, 0.25) is 5.88 Å². The highest BCUT2D eigenvalue weighted by Gasteiger charge is 2.08. The van der Waals surface area contributed by atoms with E-state index in [1.165, 1.54) is 16.8 Å². The maximum Gasteiger partial charge on any atom is 0.218 e. The second-order valence-electron chi connectivity index (χ2n) is 4.82. The van der Waals surface area contributed by atoms with Crippen LogP contribution in [0.2, 0.25) is 0 Å². The second-order valence-corrected chi connectivity index (χ2v) is 4.82. The van der Waals surface area contributed by atoms with Crippen molar-refractivity contribution >= 4 is 0 Å². The van der Waals surface area contributed by atoms with Crippen molar-refractivity contribution in [3.05, 3.63) is 71.8 Å². The van der Waals surface area contributed by atoms with Gasteiger partial charge in [0, 0.05) is 24.8 Å². The molecule has 0 atom stereocenters. The fourth-order valence-electron chi connectivity index (χ4n) is 2.10. The van der Waals surface area contributed by atoms with Crippen LogP contribution in [0.1, 0.15) is 11.1 Å². The van der Waals surface area contributed by atoms with Gasteiger partial charge >= 0.3 is 0 Å². The fraction of sp³-hybridized carbons (Fsp3) is 0.118. The third kappa shape index (κ3) is 3.52. The topological polar surface area (TPSA) is 63.7 Å². The number of nitriles is 1. The summed E-state index contributed by atoms with van der Waals surface area (Å²) in [6.45, 7) is 0.426. The van der Waals surface area contributed by atoms with Crippen LogP contribution < -0.4 is 4.74 Å². The summed E-state index contributed by atoms with van der Waals surface area (Å²) in [6.07, 6.45) is 3.81. The molecule has 0 aliphatic carbocycles. The van der Waals surface area contributed by atoms with Gasteiger partial charge in [-0.25, -0.2) is 9.37 Å². The molecular formula is C17H13FN4O. The lowest BCUT2D eigenvalue weighted by Crippen LogP contribution is -2.07. The summed E-state index contributed by atoms with van der Waals surface area (Å²) in [6, 6.07) is 13.4. The molecule has 0 amide bonds. The number of benzene rings is 1. The molecule has 0 unspecified atom stereocenters. The molecule has 0 bridgehead atoms. The van der Waals surface area contributed by atoms with E-state index < -0.39 is 0 Å². The van der Waals surface area contributed by atoms with Crippen LogP contribution >= 0.6 is 0 Å². The Morgan fingerprint density at radius 2 is 1.96 bits per heavy atom. The molecule has 0 N–H and O–H groups in total. The van der Waals surface area contributed by atoms with Gasteiger partial charge in [-0.05, 0) is 23.8 Å². The van der Waals surface area contributed by atoms with E-state index in [0.717, 1.165) is 5.56 Å². The highest BCUT2D eigenvalue weighted by Crippen LogP contribution is 2.16. The lowest BCUT2D eigenvalue weighted by molar-refractivity contribution is 0.299. The van der Waals surface area contributed by atoms with E-state index >= 15 is 0 Å². The van der Waals surface area contributed by atoms with Crippen LogP contribution in [0.4, 0.5) is 4.39 Å². The Labute approximate surface area is 132 Å². The van der Waals surface area contributed by atoms with Crippen LogP contribution in [0.3, 0.4) is 0 Å². The number of ether oxygens (including phenoxy) is 1. The summed E-state index contributed by atoms with van der Waals surface area (Å²) < 4.78 is 20.1. The minimum atomic E-state index is -0.254. The first-order valence-corrected chi connectivity index (χ1v) is 7.04. The normalized spacial score (nSPS) is 10.3. The van der Waals surface area contributed by atoms with Crippen LogP contribution in [0.15, 0.2) is 54.9 Å². The lowest BCUT2D eigenvalue weighted by Gasteiger charge is -2.09. The number of halogens is 1. The molecule has 0 aliphatic rings. The quantitative estimate of drug-likeness (QED) is 0.727. The van der Waals surface area contributed by atoms with Gasteiger partial charge in [0.05, 0.1) is 24.4 Å². The molecular weight excluding hydrogens is 295 g/mol. The number of aromatic nitrogens is 3. The zero-order valence-electron chi connectivity index (χ0n) is 12.2. The van der Waals surface area contributed by atoms with E-state index in [0.29, 0.717) is 30.3 Å². The van der Waals surface area contributed by atoms with Crippen molar-refractivity contribution in [3.63, 3.8) is 0 Å². The van der Waals surface area contributed by atoms with Crippen LogP contribution in [0, 0.1) is 17.1 Å². The van der Waals surface area contributed by atoms with Gasteiger partial charge in [0.15, 0.2) is 5.82 Å². The largest absolute Gasteiger partial charge is 0.477 e. The number of rotatable bonds is 5. The Morgan fingerprint density at radius 3 is 2.74 bits per heavy atom. The standard InChI is InChI=1S/C17H13FN4O/c18-15-3-1-13(2-4-15)7-10-23-17-6-9-21-22(17)16-11-14(12-19)5-8-20-16/h1-6,8-9,11H,7,10H2. The summed E-state index contributed by atoms with van der Waals surface area (Å²) in [5.74, 6) is 0.803. The Bertz CT molecular complexity index is 836. The van der Waals surface area contributed by atoms with Gasteiger partial charge in [0.25, 0.3) is 0 Å². The number of nitrogens with zero attached hydrogens (tertiary/aromatic N) is 4. The highest BCUT2D eigenvalue weighted by atomic mass is 19.1. The van der Waals surface area contributed by atoms with Gasteiger partial charge in [-0.3, -0.25) is 0 Å². The molecule has 3 aromatic rings.